The standard InChI is InChI=1S/C15H32N2/c1-8-15(9-2,17(10-3)11-4)14(16-7)12-13(5)6/h14,16H,5,8-12H2,1-4,6-7H3. The molecule has 0 radical (unpaired) electrons. The molecule has 0 aromatic rings. The van der Waals surface area contributed by atoms with Gasteiger partial charge in [-0.2, -0.15) is 0 Å². The second-order valence-electron chi connectivity index (χ2n) is 4.99. The molecule has 1 N–H and O–H groups in total. The Morgan fingerprint density at radius 2 is 1.65 bits per heavy atom. The number of likely N-dealkylation sites (N-methyl/N-ethyl adjacent to an activating group) is 2. The minimum absolute atomic E-state index is 0.261. The molecule has 1 unspecified atom stereocenters. The molecule has 0 aliphatic rings. The minimum Gasteiger partial charge on any atom is -0.315 e. The van der Waals surface area contributed by atoms with Gasteiger partial charge in [0.1, 0.15) is 0 Å². The Labute approximate surface area is 108 Å². The molecule has 0 saturated carbocycles. The Morgan fingerprint density at radius 3 is 1.88 bits per heavy atom. The SMILES string of the molecule is C=C(C)CC(NC)C(CC)(CC)N(CC)CC. The van der Waals surface area contributed by atoms with Crippen LogP contribution in [0.25, 0.3) is 0 Å². The topological polar surface area (TPSA) is 15.3 Å². The molecule has 0 aliphatic carbocycles. The number of nitrogens with one attached hydrogen (secondary N) is 1. The van der Waals surface area contributed by atoms with Crippen LogP contribution in [0.2, 0.25) is 0 Å². The van der Waals surface area contributed by atoms with Crippen molar-refractivity contribution in [1.29, 1.82) is 0 Å². The molecule has 0 bridgehead atoms. The van der Waals surface area contributed by atoms with Crippen LogP contribution >= 0.6 is 0 Å². The fourth-order valence-corrected chi connectivity index (χ4v) is 3.17. The number of hydrogen-bond acceptors (Lipinski definition) is 2. The Balaban J connectivity index is 5.17. The Hall–Kier alpha value is -0.340. The van der Waals surface area contributed by atoms with E-state index in [4.69, 9.17) is 0 Å². The molecule has 102 valence electrons. The molecule has 0 rings (SSSR count). The van der Waals surface area contributed by atoms with E-state index in [2.05, 4.69) is 58.5 Å². The Bertz CT molecular complexity index is 215. The van der Waals surface area contributed by atoms with Gasteiger partial charge in [-0.15, -0.1) is 6.58 Å². The predicted octanol–water partition coefficient (Wildman–Crippen LogP) is 3.44. The van der Waals surface area contributed by atoms with E-state index >= 15 is 0 Å². The van der Waals surface area contributed by atoms with Crippen molar-refractivity contribution in [3.63, 3.8) is 0 Å². The van der Waals surface area contributed by atoms with Gasteiger partial charge in [0.2, 0.25) is 0 Å². The van der Waals surface area contributed by atoms with Crippen LogP contribution in [-0.4, -0.2) is 36.6 Å². The molecule has 0 aromatic carbocycles. The zero-order chi connectivity index (χ0) is 13.5. The molecule has 0 fully saturated rings. The van der Waals surface area contributed by atoms with Gasteiger partial charge in [-0.1, -0.05) is 33.3 Å². The predicted molar refractivity (Wildman–Crippen MR) is 78.5 cm³/mol. The fraction of sp³-hybridized carbons (Fsp3) is 0.867. The molecule has 17 heavy (non-hydrogen) atoms. The highest BCUT2D eigenvalue weighted by Gasteiger charge is 2.38. The van der Waals surface area contributed by atoms with E-state index in [9.17, 15) is 0 Å². The summed E-state index contributed by atoms with van der Waals surface area (Å²) >= 11 is 0. The van der Waals surface area contributed by atoms with Crippen molar-refractivity contribution in [2.75, 3.05) is 20.1 Å². The summed E-state index contributed by atoms with van der Waals surface area (Å²) in [5.41, 5.74) is 1.53. The lowest BCUT2D eigenvalue weighted by Gasteiger charge is -2.48. The molecule has 0 amide bonds. The summed E-state index contributed by atoms with van der Waals surface area (Å²) in [6, 6.07) is 0.495. The normalized spacial score (nSPS) is 14.1. The third kappa shape index (κ3) is 3.82. The summed E-state index contributed by atoms with van der Waals surface area (Å²) in [5.74, 6) is 0. The van der Waals surface area contributed by atoms with Gasteiger partial charge in [-0.05, 0) is 46.3 Å². The van der Waals surface area contributed by atoms with E-state index in [1.54, 1.807) is 0 Å². The molecule has 0 aromatic heterocycles. The first-order chi connectivity index (χ1) is 8.02. The average Bonchev–Trinajstić information content (AvgIpc) is 2.33. The highest BCUT2D eigenvalue weighted by atomic mass is 15.2. The Kier molecular flexibility index (Phi) is 7.73. The van der Waals surface area contributed by atoms with E-state index in [1.807, 2.05) is 0 Å². The van der Waals surface area contributed by atoms with Gasteiger partial charge in [0.05, 0.1) is 0 Å². The van der Waals surface area contributed by atoms with Crippen molar-refractivity contribution in [1.82, 2.24) is 10.2 Å². The lowest BCUT2D eigenvalue weighted by molar-refractivity contribution is 0.0520. The van der Waals surface area contributed by atoms with Gasteiger partial charge in [-0.3, -0.25) is 4.90 Å². The van der Waals surface area contributed by atoms with Gasteiger partial charge < -0.3 is 5.32 Å². The maximum atomic E-state index is 4.08. The van der Waals surface area contributed by atoms with E-state index in [-0.39, 0.29) is 5.54 Å². The quantitative estimate of drug-likeness (QED) is 0.621. The molecule has 2 nitrogen and oxygen atoms in total. The first-order valence-electron chi connectivity index (χ1n) is 7.08. The van der Waals surface area contributed by atoms with Gasteiger partial charge in [0.25, 0.3) is 0 Å². The maximum absolute atomic E-state index is 4.08. The van der Waals surface area contributed by atoms with Crippen LogP contribution in [0.1, 0.15) is 53.9 Å². The summed E-state index contributed by atoms with van der Waals surface area (Å²) in [5, 5.41) is 3.52. The molecule has 2 heteroatoms. The number of nitrogens with zero attached hydrogens (tertiary/aromatic N) is 1. The van der Waals surface area contributed by atoms with Crippen LogP contribution < -0.4 is 5.32 Å². The maximum Gasteiger partial charge on any atom is 0.0360 e. The van der Waals surface area contributed by atoms with E-state index in [1.165, 1.54) is 18.4 Å². The minimum atomic E-state index is 0.261. The molecule has 0 spiro atoms. The summed E-state index contributed by atoms with van der Waals surface area (Å²) < 4.78 is 0. The van der Waals surface area contributed by atoms with Gasteiger partial charge in [0.15, 0.2) is 0 Å². The van der Waals surface area contributed by atoms with Gasteiger partial charge in [0, 0.05) is 11.6 Å². The molecular formula is C15H32N2. The van der Waals surface area contributed by atoms with Crippen molar-refractivity contribution in [3.05, 3.63) is 12.2 Å². The monoisotopic (exact) mass is 240 g/mol. The van der Waals surface area contributed by atoms with E-state index < -0.39 is 0 Å². The van der Waals surface area contributed by atoms with Crippen LogP contribution in [0.15, 0.2) is 12.2 Å². The van der Waals surface area contributed by atoms with Crippen LogP contribution in [0, 0.1) is 0 Å². The van der Waals surface area contributed by atoms with Crippen LogP contribution in [-0.2, 0) is 0 Å². The van der Waals surface area contributed by atoms with Crippen molar-refractivity contribution < 1.29 is 0 Å². The first-order valence-corrected chi connectivity index (χ1v) is 7.08. The summed E-state index contributed by atoms with van der Waals surface area (Å²) in [4.78, 5) is 2.61. The highest BCUT2D eigenvalue weighted by molar-refractivity contribution is 5.04. The average molecular weight is 240 g/mol. The lowest BCUT2D eigenvalue weighted by Crippen LogP contribution is -2.60. The van der Waals surface area contributed by atoms with Crippen LogP contribution in [0.3, 0.4) is 0 Å². The van der Waals surface area contributed by atoms with Crippen LogP contribution in [0.5, 0.6) is 0 Å². The zero-order valence-electron chi connectivity index (χ0n) is 12.8. The lowest BCUT2D eigenvalue weighted by atomic mass is 9.79. The highest BCUT2D eigenvalue weighted by Crippen LogP contribution is 2.30. The van der Waals surface area contributed by atoms with Crippen molar-refractivity contribution in [3.8, 4) is 0 Å². The second kappa shape index (κ2) is 7.88. The molecule has 0 saturated heterocycles. The third-order valence-electron chi connectivity index (χ3n) is 4.17. The van der Waals surface area contributed by atoms with Crippen LogP contribution in [0.4, 0.5) is 0 Å². The van der Waals surface area contributed by atoms with Crippen molar-refractivity contribution in [2.45, 2.75) is 65.5 Å². The van der Waals surface area contributed by atoms with Gasteiger partial charge in [-0.25, -0.2) is 0 Å². The summed E-state index contributed by atoms with van der Waals surface area (Å²) in [7, 11) is 2.08. The van der Waals surface area contributed by atoms with E-state index in [0.717, 1.165) is 19.5 Å². The summed E-state index contributed by atoms with van der Waals surface area (Å²) in [6.45, 7) is 17.6. The first kappa shape index (κ1) is 16.7. The molecule has 0 heterocycles. The second-order valence-corrected chi connectivity index (χ2v) is 4.99. The fourth-order valence-electron chi connectivity index (χ4n) is 3.17. The Morgan fingerprint density at radius 1 is 1.18 bits per heavy atom. The molecule has 0 aliphatic heterocycles. The zero-order valence-corrected chi connectivity index (χ0v) is 12.8. The molecular weight excluding hydrogens is 208 g/mol. The smallest absolute Gasteiger partial charge is 0.0360 e. The van der Waals surface area contributed by atoms with Crippen molar-refractivity contribution in [2.24, 2.45) is 0 Å². The van der Waals surface area contributed by atoms with Crippen molar-refractivity contribution >= 4 is 0 Å². The summed E-state index contributed by atoms with van der Waals surface area (Å²) in [6.07, 6.45) is 3.43. The molecule has 1 atom stereocenters. The number of hydrogen-bond donors (Lipinski definition) is 1. The number of rotatable bonds is 9. The van der Waals surface area contributed by atoms with Gasteiger partial charge >= 0.3 is 0 Å². The van der Waals surface area contributed by atoms with E-state index in [0.29, 0.717) is 6.04 Å². The largest absolute Gasteiger partial charge is 0.315 e. The third-order valence-corrected chi connectivity index (χ3v) is 4.17.